The van der Waals surface area contributed by atoms with Gasteiger partial charge in [0.1, 0.15) is 0 Å². The molecular formula is C14H28N2O2S2. The minimum Gasteiger partial charge on any atom is -0.356 e. The van der Waals surface area contributed by atoms with Gasteiger partial charge in [0.05, 0.1) is 0 Å². The molecular weight excluding hydrogens is 292 g/mol. The number of unbranched alkanes of at least 4 members (excludes halogenated alkanes) is 5. The van der Waals surface area contributed by atoms with Gasteiger partial charge in [-0.05, 0) is 24.3 Å². The van der Waals surface area contributed by atoms with Crippen molar-refractivity contribution >= 4 is 37.1 Å². The summed E-state index contributed by atoms with van der Waals surface area (Å²) in [6, 6.07) is 0. The van der Waals surface area contributed by atoms with Crippen molar-refractivity contribution in [1.82, 2.24) is 10.6 Å². The van der Waals surface area contributed by atoms with Gasteiger partial charge in [-0.15, -0.1) is 0 Å². The summed E-state index contributed by atoms with van der Waals surface area (Å²) in [5.41, 5.74) is 0. The third kappa shape index (κ3) is 14.1. The predicted octanol–water partition coefficient (Wildman–Crippen LogP) is 2.20. The van der Waals surface area contributed by atoms with Gasteiger partial charge in [-0.25, -0.2) is 0 Å². The van der Waals surface area contributed by atoms with Crippen LogP contribution in [-0.2, 0) is 9.59 Å². The van der Waals surface area contributed by atoms with Gasteiger partial charge in [-0.3, -0.25) is 9.59 Å². The van der Waals surface area contributed by atoms with Crippen molar-refractivity contribution in [3.8, 4) is 0 Å². The minimum absolute atomic E-state index is 0.0944. The Morgan fingerprint density at radius 1 is 0.650 bits per heavy atom. The molecule has 0 aromatic rings. The van der Waals surface area contributed by atoms with E-state index in [4.69, 9.17) is 0 Å². The number of hydrogen-bond donors (Lipinski definition) is 4. The first kappa shape index (κ1) is 19.6. The first-order chi connectivity index (χ1) is 9.70. The Labute approximate surface area is 133 Å². The molecule has 4 nitrogen and oxygen atoms in total. The first-order valence-electron chi connectivity index (χ1n) is 7.45. The van der Waals surface area contributed by atoms with Gasteiger partial charge >= 0.3 is 0 Å². The van der Waals surface area contributed by atoms with Crippen LogP contribution in [0.25, 0.3) is 0 Å². The normalized spacial score (nSPS) is 10.3. The average molecular weight is 321 g/mol. The number of hydrogen-bond acceptors (Lipinski definition) is 4. The third-order valence-corrected chi connectivity index (χ3v) is 3.37. The van der Waals surface area contributed by atoms with E-state index in [1.807, 2.05) is 0 Å². The molecule has 0 aromatic carbocycles. The summed E-state index contributed by atoms with van der Waals surface area (Å²) in [7, 11) is 0. The zero-order valence-corrected chi connectivity index (χ0v) is 14.0. The fraction of sp³-hybridized carbons (Fsp3) is 0.857. The minimum atomic E-state index is 0.0944. The summed E-state index contributed by atoms with van der Waals surface area (Å²) >= 11 is 8.02. The Hall–Kier alpha value is -0.360. The highest BCUT2D eigenvalue weighted by atomic mass is 32.1. The van der Waals surface area contributed by atoms with Crippen molar-refractivity contribution in [1.29, 1.82) is 0 Å². The van der Waals surface area contributed by atoms with Gasteiger partial charge < -0.3 is 10.6 Å². The molecule has 0 aliphatic carbocycles. The molecule has 0 aromatic heterocycles. The number of rotatable bonds is 13. The molecule has 0 saturated heterocycles. The predicted molar refractivity (Wildman–Crippen MR) is 90.7 cm³/mol. The molecule has 0 saturated carbocycles. The Kier molecular flexibility index (Phi) is 14.8. The van der Waals surface area contributed by atoms with Gasteiger partial charge in [-0.2, -0.15) is 25.3 Å². The standard InChI is InChI=1S/C14H28N2O2S2/c17-13(7-11-19)15-9-5-3-1-2-4-6-10-16-14(18)8-12-20/h19-20H,1-12H2,(H,15,17)(H,16,18). The molecule has 2 amide bonds. The summed E-state index contributed by atoms with van der Waals surface area (Å²) in [4.78, 5) is 22.3. The van der Waals surface area contributed by atoms with Gasteiger partial charge in [0.2, 0.25) is 11.8 Å². The molecule has 118 valence electrons. The largest absolute Gasteiger partial charge is 0.356 e. The van der Waals surface area contributed by atoms with Gasteiger partial charge in [0.25, 0.3) is 0 Å². The van der Waals surface area contributed by atoms with Crippen LogP contribution < -0.4 is 10.6 Å². The van der Waals surface area contributed by atoms with Crippen LogP contribution in [0, 0.1) is 0 Å². The second kappa shape index (κ2) is 15.0. The number of thiol groups is 2. The van der Waals surface area contributed by atoms with E-state index in [9.17, 15) is 9.59 Å². The zero-order chi connectivity index (χ0) is 15.1. The molecule has 20 heavy (non-hydrogen) atoms. The third-order valence-electron chi connectivity index (χ3n) is 2.93. The van der Waals surface area contributed by atoms with Crippen LogP contribution in [-0.4, -0.2) is 36.4 Å². The van der Waals surface area contributed by atoms with Crippen LogP contribution in [0.5, 0.6) is 0 Å². The number of amides is 2. The summed E-state index contributed by atoms with van der Waals surface area (Å²) < 4.78 is 0. The van der Waals surface area contributed by atoms with Crippen LogP contribution in [0.15, 0.2) is 0 Å². The molecule has 0 atom stereocenters. The highest BCUT2D eigenvalue weighted by molar-refractivity contribution is 7.80. The van der Waals surface area contributed by atoms with Gasteiger partial charge in [0, 0.05) is 25.9 Å². The lowest BCUT2D eigenvalue weighted by Gasteiger charge is -2.05. The van der Waals surface area contributed by atoms with Crippen LogP contribution in [0.1, 0.15) is 51.4 Å². The maximum Gasteiger partial charge on any atom is 0.220 e. The summed E-state index contributed by atoms with van der Waals surface area (Å²) in [5.74, 6) is 1.40. The zero-order valence-electron chi connectivity index (χ0n) is 12.2. The van der Waals surface area contributed by atoms with E-state index < -0.39 is 0 Å². The van der Waals surface area contributed by atoms with Crippen LogP contribution >= 0.6 is 25.3 Å². The van der Waals surface area contributed by atoms with Gasteiger partial charge in [0.15, 0.2) is 0 Å². The molecule has 0 unspecified atom stereocenters. The van der Waals surface area contributed by atoms with Crippen LogP contribution in [0.2, 0.25) is 0 Å². The van der Waals surface area contributed by atoms with Crippen molar-refractivity contribution in [3.63, 3.8) is 0 Å². The lowest BCUT2D eigenvalue weighted by atomic mass is 10.1. The molecule has 0 aliphatic heterocycles. The Balaban J connectivity index is 3.13. The van der Waals surface area contributed by atoms with Crippen molar-refractivity contribution in [2.75, 3.05) is 24.6 Å². The lowest BCUT2D eigenvalue weighted by molar-refractivity contribution is -0.121. The van der Waals surface area contributed by atoms with Crippen molar-refractivity contribution in [2.45, 2.75) is 51.4 Å². The highest BCUT2D eigenvalue weighted by Gasteiger charge is 1.99. The second-order valence-corrected chi connectivity index (χ2v) is 5.66. The molecule has 6 heteroatoms. The second-order valence-electron chi connectivity index (χ2n) is 4.77. The molecule has 0 bridgehead atoms. The highest BCUT2D eigenvalue weighted by Crippen LogP contribution is 2.04. The van der Waals surface area contributed by atoms with E-state index in [0.717, 1.165) is 38.8 Å². The molecule has 0 aliphatic rings. The topological polar surface area (TPSA) is 58.2 Å². The Bertz CT molecular complexity index is 238. The first-order valence-corrected chi connectivity index (χ1v) is 8.72. The SMILES string of the molecule is O=C(CCS)NCCCCCCCCNC(=O)CCS. The van der Waals surface area contributed by atoms with E-state index >= 15 is 0 Å². The molecule has 0 radical (unpaired) electrons. The Morgan fingerprint density at radius 2 is 1.00 bits per heavy atom. The van der Waals surface area contributed by atoms with Gasteiger partial charge in [-0.1, -0.05) is 25.7 Å². The summed E-state index contributed by atoms with van der Waals surface area (Å²) in [5, 5.41) is 5.76. The maximum atomic E-state index is 11.2. The molecule has 0 spiro atoms. The number of nitrogens with one attached hydrogen (secondary N) is 2. The Morgan fingerprint density at radius 3 is 1.35 bits per heavy atom. The van der Waals surface area contributed by atoms with E-state index in [1.165, 1.54) is 12.8 Å². The van der Waals surface area contributed by atoms with E-state index in [1.54, 1.807) is 0 Å². The fourth-order valence-electron chi connectivity index (χ4n) is 1.79. The van der Waals surface area contributed by atoms with Crippen LogP contribution in [0.4, 0.5) is 0 Å². The van der Waals surface area contributed by atoms with E-state index in [-0.39, 0.29) is 11.8 Å². The lowest BCUT2D eigenvalue weighted by Crippen LogP contribution is -2.24. The smallest absolute Gasteiger partial charge is 0.220 e. The average Bonchev–Trinajstić information content (AvgIpc) is 2.41. The van der Waals surface area contributed by atoms with Crippen molar-refractivity contribution < 1.29 is 9.59 Å². The molecule has 2 N–H and O–H groups in total. The van der Waals surface area contributed by atoms with Crippen molar-refractivity contribution in [3.05, 3.63) is 0 Å². The van der Waals surface area contributed by atoms with Crippen LogP contribution in [0.3, 0.4) is 0 Å². The molecule has 0 fully saturated rings. The quantitative estimate of drug-likeness (QED) is 0.311. The van der Waals surface area contributed by atoms with Crippen molar-refractivity contribution in [2.24, 2.45) is 0 Å². The van der Waals surface area contributed by atoms with E-state index in [0.29, 0.717) is 24.3 Å². The molecule has 0 rings (SSSR count). The summed E-state index contributed by atoms with van der Waals surface area (Å²) in [6.07, 6.45) is 7.75. The number of carbonyl (C=O) groups is 2. The summed E-state index contributed by atoms with van der Waals surface area (Å²) in [6.45, 7) is 1.54. The molecule has 0 heterocycles. The maximum absolute atomic E-state index is 11.2. The monoisotopic (exact) mass is 320 g/mol. The fourth-order valence-corrected chi connectivity index (χ4v) is 2.20. The number of carbonyl (C=O) groups excluding carboxylic acids is 2. The van der Waals surface area contributed by atoms with E-state index in [2.05, 4.69) is 35.9 Å².